The van der Waals surface area contributed by atoms with Crippen LogP contribution in [0.5, 0.6) is 0 Å². The van der Waals surface area contributed by atoms with Gasteiger partial charge >= 0.3 is 12.1 Å². The van der Waals surface area contributed by atoms with Gasteiger partial charge in [-0.05, 0) is 0 Å². The molecule has 0 fully saturated rings. The minimum absolute atomic E-state index is 0.126. The molecule has 0 aliphatic carbocycles. The molecule has 2 aromatic heterocycles. The number of nitrogen functional groups attached to an aromatic ring is 1. The highest BCUT2D eigenvalue weighted by molar-refractivity contribution is 5.87. The number of fused-ring (bicyclic) bond motifs is 1. The van der Waals surface area contributed by atoms with Gasteiger partial charge in [-0.2, -0.15) is 18.3 Å². The van der Waals surface area contributed by atoms with Crippen LogP contribution >= 0.6 is 0 Å². The first-order chi connectivity index (χ1) is 7.80. The maximum absolute atomic E-state index is 12.5. The number of alkyl halides is 3. The summed E-state index contributed by atoms with van der Waals surface area (Å²) in [7, 11) is 0. The van der Waals surface area contributed by atoms with Crippen molar-refractivity contribution >= 4 is 17.3 Å². The predicted octanol–water partition coefficient (Wildman–Crippen LogP) is 1.03. The summed E-state index contributed by atoms with van der Waals surface area (Å²) >= 11 is 0. The van der Waals surface area contributed by atoms with E-state index < -0.39 is 23.5 Å². The van der Waals surface area contributed by atoms with E-state index in [-0.39, 0.29) is 11.3 Å². The third-order valence-electron chi connectivity index (χ3n) is 2.01. The van der Waals surface area contributed by atoms with Gasteiger partial charge in [-0.15, -0.1) is 0 Å². The molecule has 17 heavy (non-hydrogen) atoms. The first-order valence-electron chi connectivity index (χ1n) is 4.25. The van der Waals surface area contributed by atoms with E-state index >= 15 is 0 Å². The first-order valence-corrected chi connectivity index (χ1v) is 4.25. The number of halogens is 3. The molecule has 0 saturated heterocycles. The fourth-order valence-corrected chi connectivity index (χ4v) is 1.28. The summed E-state index contributed by atoms with van der Waals surface area (Å²) in [5.41, 5.74) is 2.91. The fraction of sp³-hybridized carbons (Fsp3) is 0.125. The number of carboxylic acids is 1. The van der Waals surface area contributed by atoms with Gasteiger partial charge in [0.1, 0.15) is 5.69 Å². The van der Waals surface area contributed by atoms with Crippen LogP contribution in [0.3, 0.4) is 0 Å². The number of rotatable bonds is 1. The van der Waals surface area contributed by atoms with E-state index in [2.05, 4.69) is 10.1 Å². The highest BCUT2D eigenvalue weighted by Gasteiger charge is 2.34. The Bertz CT molecular complexity index is 605. The van der Waals surface area contributed by atoms with E-state index in [9.17, 15) is 18.0 Å². The normalized spacial score (nSPS) is 11.9. The van der Waals surface area contributed by atoms with Gasteiger partial charge in [-0.3, -0.25) is 0 Å². The Morgan fingerprint density at radius 3 is 2.65 bits per heavy atom. The number of hydrogen-bond acceptors (Lipinski definition) is 4. The van der Waals surface area contributed by atoms with Crippen LogP contribution in [0.1, 0.15) is 16.2 Å². The predicted molar refractivity (Wildman–Crippen MR) is 49.4 cm³/mol. The summed E-state index contributed by atoms with van der Waals surface area (Å²) in [6, 6.07) is 0.405. The number of carboxylic acid groups (broad SMARTS) is 1. The van der Waals surface area contributed by atoms with Gasteiger partial charge in [0, 0.05) is 6.07 Å². The molecule has 0 radical (unpaired) electrons. The van der Waals surface area contributed by atoms with Gasteiger partial charge in [-0.1, -0.05) is 0 Å². The average molecular weight is 246 g/mol. The van der Waals surface area contributed by atoms with E-state index in [1.54, 1.807) is 0 Å². The second kappa shape index (κ2) is 3.34. The lowest BCUT2D eigenvalue weighted by Crippen LogP contribution is -2.15. The number of nitrogens with zero attached hydrogens (tertiary/aromatic N) is 3. The second-order valence-electron chi connectivity index (χ2n) is 3.16. The molecular weight excluding hydrogens is 241 g/mol. The highest BCUT2D eigenvalue weighted by atomic mass is 19.4. The van der Waals surface area contributed by atoms with E-state index in [0.29, 0.717) is 6.07 Å². The van der Waals surface area contributed by atoms with Crippen LogP contribution in [0.25, 0.3) is 5.65 Å². The molecule has 0 spiro atoms. The quantitative estimate of drug-likeness (QED) is 0.783. The fourth-order valence-electron chi connectivity index (χ4n) is 1.28. The van der Waals surface area contributed by atoms with Crippen molar-refractivity contribution in [3.05, 3.63) is 23.7 Å². The molecule has 3 N–H and O–H groups in total. The number of hydrogen-bond donors (Lipinski definition) is 2. The molecule has 0 saturated carbocycles. The number of aromatic nitrogens is 3. The Morgan fingerprint density at radius 2 is 2.12 bits per heavy atom. The zero-order valence-electron chi connectivity index (χ0n) is 8.06. The lowest BCUT2D eigenvalue weighted by molar-refractivity contribution is -0.141. The maximum Gasteiger partial charge on any atom is 0.433 e. The van der Waals surface area contributed by atoms with Crippen LogP contribution in [0.15, 0.2) is 12.3 Å². The number of carbonyl (C=O) groups is 1. The molecule has 2 rings (SSSR count). The molecule has 2 aromatic rings. The summed E-state index contributed by atoms with van der Waals surface area (Å²) in [4.78, 5) is 14.0. The van der Waals surface area contributed by atoms with Crippen molar-refractivity contribution in [2.24, 2.45) is 0 Å². The standard InChI is InChI=1S/C8H5F3N4O2/c9-8(10,11)5-1-4(7(16)17)15-6(14-5)3(12)2-13-15/h1-2H,12H2,(H,16,17). The van der Waals surface area contributed by atoms with Crippen LogP contribution in [-0.4, -0.2) is 25.7 Å². The lowest BCUT2D eigenvalue weighted by Gasteiger charge is -2.07. The molecule has 0 aliphatic rings. The van der Waals surface area contributed by atoms with Crippen molar-refractivity contribution in [1.82, 2.24) is 14.6 Å². The van der Waals surface area contributed by atoms with Crippen molar-refractivity contribution in [3.63, 3.8) is 0 Å². The zero-order valence-corrected chi connectivity index (χ0v) is 8.06. The highest BCUT2D eigenvalue weighted by Crippen LogP contribution is 2.29. The van der Waals surface area contributed by atoms with Crippen LogP contribution < -0.4 is 5.73 Å². The Kier molecular flexibility index (Phi) is 2.19. The van der Waals surface area contributed by atoms with E-state index in [4.69, 9.17) is 10.8 Å². The Balaban J connectivity index is 2.83. The van der Waals surface area contributed by atoms with Crippen molar-refractivity contribution < 1.29 is 23.1 Å². The van der Waals surface area contributed by atoms with Gasteiger partial charge in [0.2, 0.25) is 0 Å². The van der Waals surface area contributed by atoms with Crippen molar-refractivity contribution in [3.8, 4) is 0 Å². The topological polar surface area (TPSA) is 93.5 Å². The van der Waals surface area contributed by atoms with Crippen LogP contribution in [0.4, 0.5) is 18.9 Å². The van der Waals surface area contributed by atoms with E-state index in [1.807, 2.05) is 0 Å². The van der Waals surface area contributed by atoms with Crippen molar-refractivity contribution in [2.45, 2.75) is 6.18 Å². The summed E-state index contributed by atoms with van der Waals surface area (Å²) in [5, 5.41) is 12.3. The molecule has 2 heterocycles. The molecule has 0 aliphatic heterocycles. The van der Waals surface area contributed by atoms with Gasteiger partial charge in [0.25, 0.3) is 0 Å². The SMILES string of the molecule is Nc1cnn2c(C(=O)O)cc(C(F)(F)F)nc12. The number of aromatic carboxylic acids is 1. The molecule has 90 valence electrons. The lowest BCUT2D eigenvalue weighted by atomic mass is 10.3. The monoisotopic (exact) mass is 246 g/mol. The minimum Gasteiger partial charge on any atom is -0.477 e. The van der Waals surface area contributed by atoms with Gasteiger partial charge in [0.05, 0.1) is 11.9 Å². The van der Waals surface area contributed by atoms with Crippen molar-refractivity contribution in [2.75, 3.05) is 5.73 Å². The average Bonchev–Trinajstić information content (AvgIpc) is 2.58. The second-order valence-corrected chi connectivity index (χ2v) is 3.16. The maximum atomic E-state index is 12.5. The van der Waals surface area contributed by atoms with Crippen LogP contribution in [-0.2, 0) is 6.18 Å². The molecule has 6 nitrogen and oxygen atoms in total. The summed E-state index contributed by atoms with van der Waals surface area (Å²) in [6.07, 6.45) is -3.71. The zero-order chi connectivity index (χ0) is 12.8. The molecular formula is C8H5F3N4O2. The Hall–Kier alpha value is -2.32. The van der Waals surface area contributed by atoms with Gasteiger partial charge < -0.3 is 10.8 Å². The number of anilines is 1. The molecule has 9 heteroatoms. The third-order valence-corrected chi connectivity index (χ3v) is 2.01. The largest absolute Gasteiger partial charge is 0.477 e. The van der Waals surface area contributed by atoms with Gasteiger partial charge in [0.15, 0.2) is 11.3 Å². The van der Waals surface area contributed by atoms with E-state index in [0.717, 1.165) is 10.7 Å². The molecule has 0 aromatic carbocycles. The van der Waals surface area contributed by atoms with Crippen molar-refractivity contribution in [1.29, 1.82) is 0 Å². The molecule has 0 amide bonds. The smallest absolute Gasteiger partial charge is 0.433 e. The summed E-state index contributed by atoms with van der Waals surface area (Å²) in [6.45, 7) is 0. The molecule has 0 unspecified atom stereocenters. The minimum atomic E-state index is -4.75. The Labute approximate surface area is 91.5 Å². The number of nitrogens with two attached hydrogens (primary N) is 1. The van der Waals surface area contributed by atoms with Gasteiger partial charge in [-0.25, -0.2) is 14.3 Å². The summed E-state index contributed by atoms with van der Waals surface area (Å²) in [5.74, 6) is -1.55. The molecule has 0 atom stereocenters. The first kappa shape index (κ1) is 11.2. The Morgan fingerprint density at radius 1 is 1.47 bits per heavy atom. The molecule has 0 bridgehead atoms. The third kappa shape index (κ3) is 1.75. The van der Waals surface area contributed by atoms with Crippen LogP contribution in [0.2, 0.25) is 0 Å². The van der Waals surface area contributed by atoms with Crippen LogP contribution in [0, 0.1) is 0 Å². The van der Waals surface area contributed by atoms with E-state index in [1.165, 1.54) is 0 Å². The summed E-state index contributed by atoms with van der Waals surface area (Å²) < 4.78 is 38.2.